The van der Waals surface area contributed by atoms with Crippen LogP contribution in [0, 0.1) is 0 Å². The number of ether oxygens (including phenoxy) is 1. The molecule has 2 amide bonds. The zero-order valence-corrected chi connectivity index (χ0v) is 19.7. The molecule has 1 aliphatic rings. The molecule has 1 aliphatic carbocycles. The summed E-state index contributed by atoms with van der Waals surface area (Å²) >= 11 is 0. The van der Waals surface area contributed by atoms with Gasteiger partial charge in [0.15, 0.2) is 0 Å². The molecule has 3 N–H and O–H groups in total. The number of amides is 2. The largest absolute Gasteiger partial charge is 0.481 e. The van der Waals surface area contributed by atoms with Crippen LogP contribution in [-0.4, -0.2) is 35.7 Å². The second-order valence-electron chi connectivity index (χ2n) is 8.80. The molecule has 0 fully saturated rings. The summed E-state index contributed by atoms with van der Waals surface area (Å²) in [6, 6.07) is 22.4. The lowest BCUT2D eigenvalue weighted by molar-refractivity contribution is -0.137. The highest BCUT2D eigenvalue weighted by Gasteiger charge is 2.29. The number of anilines is 1. The zero-order chi connectivity index (χ0) is 24.9. The number of nitrogens with one attached hydrogen (secondary N) is 2. The highest BCUT2D eigenvalue weighted by atomic mass is 16.5. The molecular weight excluding hydrogens is 444 g/mol. The van der Waals surface area contributed by atoms with Crippen molar-refractivity contribution in [1.29, 1.82) is 0 Å². The lowest BCUT2D eigenvalue weighted by Gasteiger charge is -2.17. The van der Waals surface area contributed by atoms with Crippen LogP contribution in [0.15, 0.2) is 72.8 Å². The van der Waals surface area contributed by atoms with Crippen LogP contribution in [0.2, 0.25) is 0 Å². The van der Waals surface area contributed by atoms with Gasteiger partial charge >= 0.3 is 12.1 Å². The normalized spacial score (nSPS) is 13.8. The van der Waals surface area contributed by atoms with Crippen molar-refractivity contribution < 1.29 is 24.2 Å². The molecule has 0 aliphatic heterocycles. The van der Waals surface area contributed by atoms with E-state index in [1.165, 1.54) is 0 Å². The fourth-order valence-electron chi connectivity index (χ4n) is 4.41. The number of carboxylic acids is 1. The van der Waals surface area contributed by atoms with Crippen molar-refractivity contribution in [2.45, 2.75) is 38.1 Å². The van der Waals surface area contributed by atoms with E-state index in [0.717, 1.165) is 27.8 Å². The fraction of sp³-hybridized carbons (Fsp3) is 0.250. The number of hydrogen-bond acceptors (Lipinski definition) is 4. The number of aliphatic carboxylic acids is 1. The van der Waals surface area contributed by atoms with E-state index in [1.54, 1.807) is 31.2 Å². The Morgan fingerprint density at radius 2 is 1.46 bits per heavy atom. The molecule has 3 aromatic carbocycles. The van der Waals surface area contributed by atoms with Crippen LogP contribution in [0.1, 0.15) is 48.8 Å². The van der Waals surface area contributed by atoms with Gasteiger partial charge in [0, 0.05) is 11.6 Å². The molecule has 3 aromatic rings. The lowest BCUT2D eigenvalue weighted by Crippen LogP contribution is -2.42. The van der Waals surface area contributed by atoms with Crippen molar-refractivity contribution >= 4 is 23.7 Å². The third-order valence-corrected chi connectivity index (χ3v) is 6.30. The van der Waals surface area contributed by atoms with Gasteiger partial charge in [0.05, 0.1) is 6.42 Å². The van der Waals surface area contributed by atoms with Gasteiger partial charge in [0.2, 0.25) is 5.91 Å². The molecule has 0 spiro atoms. The molecule has 4 rings (SSSR count). The molecular formula is C28H28N2O5. The molecule has 0 bridgehead atoms. The van der Waals surface area contributed by atoms with Crippen LogP contribution >= 0.6 is 0 Å². The summed E-state index contributed by atoms with van der Waals surface area (Å²) in [6.07, 6.45) is -0.625. The predicted octanol–water partition coefficient (Wildman–Crippen LogP) is 5.13. The Balaban J connectivity index is 1.30. The molecule has 0 saturated carbocycles. The first-order valence-electron chi connectivity index (χ1n) is 11.6. The standard InChI is InChI=1S/C28H28N2O5/c1-17(15-26(31)32)19-11-13-20(14-12-19)30-27(33)18(2)29-28(34)35-16-25-23-9-5-3-7-21(23)22-8-4-6-10-24(22)25/h3-14,17-18,25H,15-16H2,1-2H3,(H,29,34)(H,30,33)(H,31,32)/t17?,18-/m0/s1. The van der Waals surface area contributed by atoms with Gasteiger partial charge in [-0.05, 0) is 52.8 Å². The van der Waals surface area contributed by atoms with E-state index in [1.807, 2.05) is 43.3 Å². The predicted molar refractivity (Wildman–Crippen MR) is 133 cm³/mol. The maximum Gasteiger partial charge on any atom is 0.407 e. The summed E-state index contributed by atoms with van der Waals surface area (Å²) in [4.78, 5) is 35.9. The smallest absolute Gasteiger partial charge is 0.407 e. The van der Waals surface area contributed by atoms with Crippen LogP contribution in [-0.2, 0) is 14.3 Å². The minimum absolute atomic E-state index is 0.0345. The van der Waals surface area contributed by atoms with Gasteiger partial charge in [-0.15, -0.1) is 0 Å². The van der Waals surface area contributed by atoms with Crippen molar-refractivity contribution in [3.8, 4) is 11.1 Å². The van der Waals surface area contributed by atoms with Crippen molar-refractivity contribution in [3.63, 3.8) is 0 Å². The van der Waals surface area contributed by atoms with E-state index in [9.17, 15) is 14.4 Å². The molecule has 35 heavy (non-hydrogen) atoms. The summed E-state index contributed by atoms with van der Waals surface area (Å²) in [7, 11) is 0. The first-order valence-corrected chi connectivity index (χ1v) is 11.6. The maximum atomic E-state index is 12.5. The third kappa shape index (κ3) is 5.51. The average molecular weight is 473 g/mol. The quantitative estimate of drug-likeness (QED) is 0.422. The Morgan fingerprint density at radius 1 is 0.886 bits per heavy atom. The molecule has 0 radical (unpaired) electrons. The lowest BCUT2D eigenvalue weighted by atomic mass is 9.98. The highest BCUT2D eigenvalue weighted by molar-refractivity contribution is 5.96. The number of fused-ring (bicyclic) bond motifs is 3. The average Bonchev–Trinajstić information content (AvgIpc) is 3.16. The van der Waals surface area contributed by atoms with Crippen LogP contribution < -0.4 is 10.6 Å². The van der Waals surface area contributed by atoms with Gasteiger partial charge in [-0.3, -0.25) is 9.59 Å². The van der Waals surface area contributed by atoms with Crippen molar-refractivity contribution in [2.24, 2.45) is 0 Å². The summed E-state index contributed by atoms with van der Waals surface area (Å²) in [5, 5.41) is 14.3. The summed E-state index contributed by atoms with van der Waals surface area (Å²) in [5.74, 6) is -1.43. The summed E-state index contributed by atoms with van der Waals surface area (Å²) in [5.41, 5.74) is 5.96. The molecule has 7 heteroatoms. The molecule has 7 nitrogen and oxygen atoms in total. The number of carboxylic acid groups (broad SMARTS) is 1. The Kier molecular flexibility index (Phi) is 7.15. The van der Waals surface area contributed by atoms with E-state index in [0.29, 0.717) is 5.69 Å². The van der Waals surface area contributed by atoms with Crippen LogP contribution in [0.4, 0.5) is 10.5 Å². The second kappa shape index (κ2) is 10.4. The second-order valence-corrected chi connectivity index (χ2v) is 8.80. The van der Waals surface area contributed by atoms with Crippen LogP contribution in [0.3, 0.4) is 0 Å². The SMILES string of the molecule is CC(CC(=O)O)c1ccc(NC(=O)[C@H](C)NC(=O)OCC2c3ccccc3-c3ccccc32)cc1. The Labute approximate surface area is 204 Å². The molecule has 1 unspecified atom stereocenters. The number of hydrogen-bond donors (Lipinski definition) is 3. The van der Waals surface area contributed by atoms with Crippen molar-refractivity contribution in [3.05, 3.63) is 89.5 Å². The van der Waals surface area contributed by atoms with Gasteiger partial charge in [-0.1, -0.05) is 67.6 Å². The monoisotopic (exact) mass is 472 g/mol. The van der Waals surface area contributed by atoms with Gasteiger partial charge in [0.1, 0.15) is 12.6 Å². The minimum Gasteiger partial charge on any atom is -0.481 e. The number of alkyl carbamates (subject to hydrolysis) is 1. The first-order chi connectivity index (χ1) is 16.8. The number of carbonyl (C=O) groups is 3. The molecule has 0 aromatic heterocycles. The molecule has 0 saturated heterocycles. The van der Waals surface area contributed by atoms with E-state index in [4.69, 9.17) is 9.84 Å². The Bertz CT molecular complexity index is 1190. The Morgan fingerprint density at radius 3 is 2.03 bits per heavy atom. The van der Waals surface area contributed by atoms with E-state index < -0.39 is 18.1 Å². The fourth-order valence-corrected chi connectivity index (χ4v) is 4.41. The molecule has 2 atom stereocenters. The summed E-state index contributed by atoms with van der Waals surface area (Å²) < 4.78 is 5.51. The molecule has 180 valence electrons. The van der Waals surface area contributed by atoms with Gasteiger partial charge in [0.25, 0.3) is 0 Å². The van der Waals surface area contributed by atoms with Crippen LogP contribution in [0.25, 0.3) is 11.1 Å². The number of rotatable bonds is 8. The zero-order valence-electron chi connectivity index (χ0n) is 19.7. The summed E-state index contributed by atoms with van der Waals surface area (Å²) in [6.45, 7) is 3.59. The minimum atomic E-state index is -0.858. The van der Waals surface area contributed by atoms with Gasteiger partial charge in [-0.2, -0.15) is 0 Å². The van der Waals surface area contributed by atoms with Gasteiger partial charge in [-0.25, -0.2) is 4.79 Å². The topological polar surface area (TPSA) is 105 Å². The van der Waals surface area contributed by atoms with Gasteiger partial charge < -0.3 is 20.5 Å². The van der Waals surface area contributed by atoms with Crippen molar-refractivity contribution in [1.82, 2.24) is 5.32 Å². The first kappa shape index (κ1) is 24.0. The van der Waals surface area contributed by atoms with Crippen LogP contribution in [0.5, 0.6) is 0 Å². The van der Waals surface area contributed by atoms with E-state index >= 15 is 0 Å². The Hall–Kier alpha value is -4.13. The van der Waals surface area contributed by atoms with E-state index in [-0.39, 0.29) is 30.8 Å². The maximum absolute atomic E-state index is 12.5. The van der Waals surface area contributed by atoms with E-state index in [2.05, 4.69) is 22.8 Å². The highest BCUT2D eigenvalue weighted by Crippen LogP contribution is 2.44. The molecule has 0 heterocycles. The number of carbonyl (C=O) groups excluding carboxylic acids is 2. The number of benzene rings is 3. The van der Waals surface area contributed by atoms with Crippen molar-refractivity contribution in [2.75, 3.05) is 11.9 Å². The third-order valence-electron chi connectivity index (χ3n) is 6.30.